The molecule has 2 unspecified atom stereocenters. The van der Waals surface area contributed by atoms with E-state index in [4.69, 9.17) is 0 Å². The van der Waals surface area contributed by atoms with Crippen molar-refractivity contribution >= 4 is 17.6 Å². The first-order valence-corrected chi connectivity index (χ1v) is 14.9. The maximum Gasteiger partial charge on any atom is 0.317 e. The van der Waals surface area contributed by atoms with Crippen LogP contribution in [0.5, 0.6) is 0 Å². The number of rotatable bonds is 8. The van der Waals surface area contributed by atoms with Crippen molar-refractivity contribution in [3.8, 4) is 0 Å². The first kappa shape index (κ1) is 27.4. The van der Waals surface area contributed by atoms with Gasteiger partial charge >= 0.3 is 6.03 Å². The van der Waals surface area contributed by atoms with Gasteiger partial charge in [0.1, 0.15) is 6.33 Å². The van der Waals surface area contributed by atoms with Gasteiger partial charge in [-0.15, -0.1) is 0 Å². The first-order chi connectivity index (χ1) is 18.9. The van der Waals surface area contributed by atoms with Crippen LogP contribution >= 0.6 is 0 Å². The van der Waals surface area contributed by atoms with Crippen molar-refractivity contribution in [2.24, 2.45) is 17.8 Å². The second-order valence-electron chi connectivity index (χ2n) is 11.8. The molecule has 1 aromatic heterocycles. The normalized spacial score (nSPS) is 21.4. The number of fused-ring (bicyclic) bond motifs is 1. The van der Waals surface area contributed by atoms with E-state index in [1.54, 1.807) is 0 Å². The Kier molecular flexibility index (Phi) is 8.68. The molecule has 8 nitrogen and oxygen atoms in total. The Morgan fingerprint density at radius 2 is 1.67 bits per heavy atom. The third kappa shape index (κ3) is 6.36. The molecule has 3 saturated heterocycles. The quantitative estimate of drug-likeness (QED) is 0.543. The summed E-state index contributed by atoms with van der Waals surface area (Å²) in [6, 6.07) is 9.17. The minimum absolute atomic E-state index is 0.0824. The maximum absolute atomic E-state index is 13.2. The van der Waals surface area contributed by atoms with Gasteiger partial charge in [-0.3, -0.25) is 4.79 Å². The molecule has 3 aliphatic heterocycles. The Balaban J connectivity index is 1.07. The molecule has 0 spiro atoms. The second-order valence-corrected chi connectivity index (χ2v) is 11.8. The zero-order chi connectivity index (χ0) is 27.4. The van der Waals surface area contributed by atoms with Crippen LogP contribution in [0, 0.1) is 31.6 Å². The van der Waals surface area contributed by atoms with Crippen LogP contribution in [0.25, 0.3) is 0 Å². The third-order valence-corrected chi connectivity index (χ3v) is 9.00. The average molecular weight is 533 g/mol. The molecule has 0 saturated carbocycles. The van der Waals surface area contributed by atoms with Gasteiger partial charge in [0.2, 0.25) is 0 Å². The number of urea groups is 1. The average Bonchev–Trinajstić information content (AvgIpc) is 3.52. The van der Waals surface area contributed by atoms with E-state index in [0.717, 1.165) is 88.8 Å². The van der Waals surface area contributed by atoms with Crippen molar-refractivity contribution in [3.63, 3.8) is 0 Å². The van der Waals surface area contributed by atoms with Gasteiger partial charge in [0.15, 0.2) is 0 Å². The van der Waals surface area contributed by atoms with Crippen molar-refractivity contribution in [3.05, 3.63) is 53.1 Å². The molecule has 8 heteroatoms. The van der Waals surface area contributed by atoms with Crippen LogP contribution in [0.15, 0.2) is 30.6 Å². The molecule has 3 amide bonds. The van der Waals surface area contributed by atoms with E-state index in [9.17, 15) is 9.59 Å². The van der Waals surface area contributed by atoms with Crippen LogP contribution in [0.4, 0.5) is 10.5 Å². The molecular weight excluding hydrogens is 488 g/mol. The summed E-state index contributed by atoms with van der Waals surface area (Å²) in [7, 11) is 0. The highest BCUT2D eigenvalue weighted by Crippen LogP contribution is 2.35. The smallest absolute Gasteiger partial charge is 0.317 e. The van der Waals surface area contributed by atoms with E-state index in [-0.39, 0.29) is 11.9 Å². The van der Waals surface area contributed by atoms with E-state index < -0.39 is 0 Å². The van der Waals surface area contributed by atoms with Crippen molar-refractivity contribution in [1.29, 1.82) is 0 Å². The van der Waals surface area contributed by atoms with Crippen LogP contribution in [0.3, 0.4) is 0 Å². The summed E-state index contributed by atoms with van der Waals surface area (Å²) in [5.74, 6) is 1.83. The number of nitrogens with one attached hydrogen (secondary N) is 1. The predicted octanol–water partition coefficient (Wildman–Crippen LogP) is 4.46. The summed E-state index contributed by atoms with van der Waals surface area (Å²) in [6.07, 6.45) is 8.28. The van der Waals surface area contributed by atoms with Gasteiger partial charge in [-0.2, -0.15) is 0 Å². The SMILES string of the molecule is CCCNC(=O)N1CCC(CCCc2cccc(N3CC4CN(C(=O)c5c(C)ncnc5C)CC4C3)c2)CC1. The fourth-order valence-electron chi connectivity index (χ4n) is 6.70. The Morgan fingerprint density at radius 1 is 0.974 bits per heavy atom. The minimum Gasteiger partial charge on any atom is -0.371 e. The van der Waals surface area contributed by atoms with E-state index in [0.29, 0.717) is 17.4 Å². The van der Waals surface area contributed by atoms with E-state index in [1.807, 2.05) is 23.6 Å². The molecule has 1 aromatic carbocycles. The lowest BCUT2D eigenvalue weighted by molar-refractivity contribution is 0.0780. The molecule has 0 bridgehead atoms. The van der Waals surface area contributed by atoms with Crippen LogP contribution in [0.2, 0.25) is 0 Å². The van der Waals surface area contributed by atoms with Gasteiger partial charge in [0.25, 0.3) is 5.91 Å². The summed E-state index contributed by atoms with van der Waals surface area (Å²) in [5.41, 5.74) is 4.93. The lowest BCUT2D eigenvalue weighted by Gasteiger charge is -2.32. The minimum atomic E-state index is 0.0824. The highest BCUT2D eigenvalue weighted by molar-refractivity contribution is 5.96. The number of carbonyl (C=O) groups is 2. The van der Waals surface area contributed by atoms with Crippen LogP contribution < -0.4 is 10.2 Å². The first-order valence-electron chi connectivity index (χ1n) is 14.9. The number of aryl methyl sites for hydroxylation is 3. The van der Waals surface area contributed by atoms with Gasteiger partial charge in [0.05, 0.1) is 17.0 Å². The number of carbonyl (C=O) groups excluding carboxylic acids is 2. The van der Waals surface area contributed by atoms with E-state index in [2.05, 4.69) is 51.4 Å². The maximum atomic E-state index is 13.2. The number of nitrogens with zero attached hydrogens (tertiary/aromatic N) is 5. The predicted molar refractivity (Wildman–Crippen MR) is 154 cm³/mol. The van der Waals surface area contributed by atoms with Gasteiger partial charge in [0, 0.05) is 63.3 Å². The number of piperidine rings is 1. The molecule has 0 aliphatic carbocycles. The molecule has 3 fully saturated rings. The van der Waals surface area contributed by atoms with Crippen molar-refractivity contribution < 1.29 is 9.59 Å². The number of hydrogen-bond donors (Lipinski definition) is 1. The Labute approximate surface area is 233 Å². The van der Waals surface area contributed by atoms with Gasteiger partial charge in [-0.05, 0) is 76.0 Å². The largest absolute Gasteiger partial charge is 0.371 e. The highest BCUT2D eigenvalue weighted by atomic mass is 16.2. The van der Waals surface area contributed by atoms with E-state index in [1.165, 1.54) is 30.4 Å². The number of amides is 3. The summed E-state index contributed by atoms with van der Waals surface area (Å²) >= 11 is 0. The molecule has 2 atom stereocenters. The molecule has 39 heavy (non-hydrogen) atoms. The Morgan fingerprint density at radius 3 is 2.33 bits per heavy atom. The standard InChI is InChI=1S/C31H44N6O2/c1-4-13-32-31(39)35-14-11-24(12-15-35)7-5-8-25-9-6-10-28(16-25)36-17-26-19-37(20-27(26)18-36)30(38)29-22(2)33-21-34-23(29)3/h6,9-10,16,21,24,26-27H,4-5,7-8,11-15,17-20H2,1-3H3,(H,32,39). The number of anilines is 1. The summed E-state index contributed by atoms with van der Waals surface area (Å²) in [6.45, 7) is 12.0. The Hall–Kier alpha value is -3.16. The third-order valence-electron chi connectivity index (χ3n) is 9.00. The van der Waals surface area contributed by atoms with Gasteiger partial charge in [-0.25, -0.2) is 14.8 Å². The highest BCUT2D eigenvalue weighted by Gasteiger charge is 2.42. The zero-order valence-corrected chi connectivity index (χ0v) is 23.9. The van der Waals surface area contributed by atoms with Gasteiger partial charge in [-0.1, -0.05) is 19.1 Å². The van der Waals surface area contributed by atoms with Crippen molar-refractivity contribution in [2.75, 3.05) is 50.7 Å². The Bertz CT molecular complexity index is 1130. The molecular formula is C31H44N6O2. The van der Waals surface area contributed by atoms with Crippen molar-refractivity contribution in [1.82, 2.24) is 25.1 Å². The summed E-state index contributed by atoms with van der Waals surface area (Å²) in [4.78, 5) is 40.4. The monoisotopic (exact) mass is 532 g/mol. The summed E-state index contributed by atoms with van der Waals surface area (Å²) < 4.78 is 0. The zero-order valence-electron chi connectivity index (χ0n) is 23.9. The molecule has 3 aliphatic rings. The molecule has 0 radical (unpaired) electrons. The van der Waals surface area contributed by atoms with Gasteiger partial charge < -0.3 is 20.0 Å². The number of likely N-dealkylation sites (tertiary alicyclic amines) is 2. The fourth-order valence-corrected chi connectivity index (χ4v) is 6.70. The number of benzene rings is 1. The summed E-state index contributed by atoms with van der Waals surface area (Å²) in [5, 5.41) is 3.00. The lowest BCUT2D eigenvalue weighted by Crippen LogP contribution is -2.44. The number of hydrogen-bond acceptors (Lipinski definition) is 5. The van der Waals surface area contributed by atoms with Crippen LogP contribution in [-0.4, -0.2) is 77.5 Å². The lowest BCUT2D eigenvalue weighted by atomic mass is 9.91. The van der Waals surface area contributed by atoms with E-state index >= 15 is 0 Å². The molecule has 5 rings (SSSR count). The van der Waals surface area contributed by atoms with Crippen LogP contribution in [0.1, 0.15) is 66.3 Å². The fraction of sp³-hybridized carbons (Fsp3) is 0.613. The topological polar surface area (TPSA) is 81.7 Å². The number of aromatic nitrogens is 2. The van der Waals surface area contributed by atoms with Crippen molar-refractivity contribution in [2.45, 2.75) is 59.3 Å². The second kappa shape index (κ2) is 12.3. The molecule has 210 valence electrons. The molecule has 2 aromatic rings. The molecule has 1 N–H and O–H groups in total. The van der Waals surface area contributed by atoms with Crippen LogP contribution in [-0.2, 0) is 6.42 Å². The molecule has 4 heterocycles.